The summed E-state index contributed by atoms with van der Waals surface area (Å²) in [5.41, 5.74) is 2.49. The van der Waals surface area contributed by atoms with Crippen LogP contribution < -0.4 is 5.32 Å². The van der Waals surface area contributed by atoms with Crippen LogP contribution in [0.4, 0.5) is 0 Å². The molecule has 0 atom stereocenters. The van der Waals surface area contributed by atoms with Crippen molar-refractivity contribution in [3.05, 3.63) is 34.3 Å². The molecule has 0 amide bonds. The maximum absolute atomic E-state index is 6.08. The monoisotopic (exact) mass is 239 g/mol. The minimum Gasteiger partial charge on any atom is -0.316 e. The van der Waals surface area contributed by atoms with Crippen LogP contribution in [0.5, 0.6) is 0 Å². The van der Waals surface area contributed by atoms with Crippen molar-refractivity contribution in [3.63, 3.8) is 0 Å². The molecule has 0 aliphatic rings. The van der Waals surface area contributed by atoms with E-state index in [1.54, 1.807) is 0 Å². The molecule has 0 saturated carbocycles. The third kappa shape index (κ3) is 5.00. The number of benzene rings is 1. The smallest absolute Gasteiger partial charge is 0.0437 e. The molecule has 2 heteroatoms. The molecule has 0 aliphatic carbocycles. The van der Waals surface area contributed by atoms with E-state index in [2.05, 4.69) is 37.4 Å². The van der Waals surface area contributed by atoms with E-state index in [-0.39, 0.29) is 0 Å². The van der Waals surface area contributed by atoms with E-state index in [4.69, 9.17) is 11.6 Å². The molecule has 1 nitrogen and oxygen atoms in total. The third-order valence-electron chi connectivity index (χ3n) is 2.61. The van der Waals surface area contributed by atoms with Gasteiger partial charge in [-0.25, -0.2) is 0 Å². The fourth-order valence-corrected chi connectivity index (χ4v) is 1.80. The van der Waals surface area contributed by atoms with Gasteiger partial charge in [-0.05, 0) is 56.0 Å². The van der Waals surface area contributed by atoms with Crippen LogP contribution in [0.15, 0.2) is 18.2 Å². The summed E-state index contributed by atoms with van der Waals surface area (Å²) in [6.07, 6.45) is 2.28. The lowest BCUT2D eigenvalue weighted by molar-refractivity contribution is 0.543. The van der Waals surface area contributed by atoms with E-state index in [0.29, 0.717) is 0 Å². The van der Waals surface area contributed by atoms with E-state index >= 15 is 0 Å². The van der Waals surface area contributed by atoms with Gasteiger partial charge in [0.05, 0.1) is 0 Å². The van der Waals surface area contributed by atoms with Gasteiger partial charge in [0.2, 0.25) is 0 Å². The van der Waals surface area contributed by atoms with Crippen LogP contribution in [0.2, 0.25) is 5.02 Å². The van der Waals surface area contributed by atoms with Crippen molar-refractivity contribution >= 4 is 11.6 Å². The van der Waals surface area contributed by atoms with E-state index in [1.807, 2.05) is 6.92 Å². The Morgan fingerprint density at radius 2 is 2.06 bits per heavy atom. The molecule has 0 unspecified atom stereocenters. The first-order valence-electron chi connectivity index (χ1n) is 6.05. The van der Waals surface area contributed by atoms with Crippen molar-refractivity contribution < 1.29 is 0 Å². The van der Waals surface area contributed by atoms with Crippen molar-refractivity contribution in [2.45, 2.75) is 33.6 Å². The molecule has 0 spiro atoms. The van der Waals surface area contributed by atoms with Crippen molar-refractivity contribution in [2.24, 2.45) is 5.92 Å². The topological polar surface area (TPSA) is 12.0 Å². The average molecular weight is 240 g/mol. The Hall–Kier alpha value is -0.530. The number of halogens is 1. The van der Waals surface area contributed by atoms with E-state index in [1.165, 1.54) is 12.0 Å². The predicted molar refractivity (Wildman–Crippen MR) is 72.2 cm³/mol. The number of aryl methyl sites for hydroxylation is 2. The van der Waals surface area contributed by atoms with Crippen molar-refractivity contribution in [1.29, 1.82) is 0 Å². The molecule has 0 bridgehead atoms. The zero-order chi connectivity index (χ0) is 12.0. The second kappa shape index (κ2) is 6.93. The molecular weight excluding hydrogens is 218 g/mol. The second-order valence-electron chi connectivity index (χ2n) is 4.79. The molecule has 0 fully saturated rings. The first kappa shape index (κ1) is 13.5. The molecule has 0 radical (unpaired) electrons. The largest absolute Gasteiger partial charge is 0.316 e. The fourth-order valence-electron chi connectivity index (χ4n) is 1.60. The molecule has 90 valence electrons. The summed E-state index contributed by atoms with van der Waals surface area (Å²) in [4.78, 5) is 0. The second-order valence-corrected chi connectivity index (χ2v) is 5.19. The van der Waals surface area contributed by atoms with E-state index < -0.39 is 0 Å². The van der Waals surface area contributed by atoms with Crippen LogP contribution in [0.3, 0.4) is 0 Å². The lowest BCUT2D eigenvalue weighted by Crippen LogP contribution is -2.21. The molecule has 16 heavy (non-hydrogen) atoms. The zero-order valence-electron chi connectivity index (χ0n) is 10.5. The fraction of sp³-hybridized carbons (Fsp3) is 0.571. The van der Waals surface area contributed by atoms with Gasteiger partial charge in [-0.1, -0.05) is 37.6 Å². The maximum Gasteiger partial charge on any atom is 0.0437 e. The highest BCUT2D eigenvalue weighted by Gasteiger charge is 1.98. The number of hydrogen-bond donors (Lipinski definition) is 1. The normalized spacial score (nSPS) is 11.1. The quantitative estimate of drug-likeness (QED) is 0.745. The first-order chi connectivity index (χ1) is 7.59. The zero-order valence-corrected chi connectivity index (χ0v) is 11.3. The summed E-state index contributed by atoms with van der Waals surface area (Å²) >= 11 is 6.08. The van der Waals surface area contributed by atoms with Crippen molar-refractivity contribution in [1.82, 2.24) is 5.32 Å². The minimum absolute atomic E-state index is 0.730. The minimum atomic E-state index is 0.730. The van der Waals surface area contributed by atoms with Gasteiger partial charge < -0.3 is 5.32 Å². The summed E-state index contributed by atoms with van der Waals surface area (Å²) in [6, 6.07) is 6.35. The van der Waals surface area contributed by atoms with Crippen LogP contribution in [0.1, 0.15) is 31.4 Å². The Morgan fingerprint density at radius 1 is 1.31 bits per heavy atom. The molecule has 0 saturated heterocycles. The van der Waals surface area contributed by atoms with Crippen LogP contribution >= 0.6 is 11.6 Å². The highest BCUT2D eigenvalue weighted by atomic mass is 35.5. The lowest BCUT2D eigenvalue weighted by atomic mass is 10.1. The molecule has 1 rings (SSSR count). The Kier molecular flexibility index (Phi) is 5.86. The molecule has 1 N–H and O–H groups in total. The Bertz CT molecular complexity index is 321. The van der Waals surface area contributed by atoms with Crippen LogP contribution in [0, 0.1) is 12.8 Å². The molecule has 0 heterocycles. The van der Waals surface area contributed by atoms with Crippen molar-refractivity contribution in [2.75, 3.05) is 13.1 Å². The number of nitrogens with one attached hydrogen (secondary N) is 1. The van der Waals surface area contributed by atoms with Crippen LogP contribution in [-0.4, -0.2) is 13.1 Å². The molecule has 1 aromatic rings. The highest BCUT2D eigenvalue weighted by molar-refractivity contribution is 6.31. The summed E-state index contributed by atoms with van der Waals surface area (Å²) in [6.45, 7) is 8.69. The van der Waals surface area contributed by atoms with Gasteiger partial charge in [-0.15, -0.1) is 0 Å². The Morgan fingerprint density at radius 3 is 2.69 bits per heavy atom. The van der Waals surface area contributed by atoms with Gasteiger partial charge in [-0.3, -0.25) is 0 Å². The number of rotatable bonds is 6. The van der Waals surface area contributed by atoms with Gasteiger partial charge in [-0.2, -0.15) is 0 Å². The van der Waals surface area contributed by atoms with Crippen LogP contribution in [0.25, 0.3) is 0 Å². The average Bonchev–Trinajstić information content (AvgIpc) is 2.22. The predicted octanol–water partition coefficient (Wildman–Crippen LogP) is 3.83. The standard InChI is InChI=1S/C14H22ClN/c1-11(2)10-16-8-4-5-13-7-6-12(3)14(15)9-13/h6-7,9,11,16H,4-5,8,10H2,1-3H3. The summed E-state index contributed by atoms with van der Waals surface area (Å²) in [5, 5.41) is 4.33. The lowest BCUT2D eigenvalue weighted by Gasteiger charge is -2.07. The highest BCUT2D eigenvalue weighted by Crippen LogP contribution is 2.17. The van der Waals surface area contributed by atoms with Crippen LogP contribution in [-0.2, 0) is 6.42 Å². The van der Waals surface area contributed by atoms with Gasteiger partial charge >= 0.3 is 0 Å². The van der Waals surface area contributed by atoms with Gasteiger partial charge in [0.25, 0.3) is 0 Å². The van der Waals surface area contributed by atoms with Crippen molar-refractivity contribution in [3.8, 4) is 0 Å². The van der Waals surface area contributed by atoms with E-state index in [0.717, 1.165) is 36.0 Å². The van der Waals surface area contributed by atoms with E-state index in [9.17, 15) is 0 Å². The summed E-state index contributed by atoms with van der Waals surface area (Å²) in [5.74, 6) is 0.730. The van der Waals surface area contributed by atoms with Gasteiger partial charge in [0.1, 0.15) is 0 Å². The molecule has 0 aliphatic heterocycles. The van der Waals surface area contributed by atoms with Gasteiger partial charge in [0.15, 0.2) is 0 Å². The summed E-state index contributed by atoms with van der Waals surface area (Å²) < 4.78 is 0. The third-order valence-corrected chi connectivity index (χ3v) is 3.02. The summed E-state index contributed by atoms with van der Waals surface area (Å²) in [7, 11) is 0. The Labute approximate surface area is 104 Å². The maximum atomic E-state index is 6.08. The SMILES string of the molecule is Cc1ccc(CCCNCC(C)C)cc1Cl. The number of hydrogen-bond acceptors (Lipinski definition) is 1. The molecule has 1 aromatic carbocycles. The molecule has 0 aromatic heterocycles. The van der Waals surface area contributed by atoms with Gasteiger partial charge in [0, 0.05) is 5.02 Å². The Balaban J connectivity index is 2.24. The first-order valence-corrected chi connectivity index (χ1v) is 6.43. The molecular formula is C14H22ClN.